The van der Waals surface area contributed by atoms with Gasteiger partial charge in [0, 0.05) is 32.7 Å². The van der Waals surface area contributed by atoms with Gasteiger partial charge in [0.25, 0.3) is 0 Å². The molecule has 0 rings (SSSR count). The number of hydrogen-bond donors (Lipinski definition) is 0. The van der Waals surface area contributed by atoms with Gasteiger partial charge in [-0.05, 0) is 6.42 Å². The third-order valence-corrected chi connectivity index (χ3v) is 0.789. The maximum Gasteiger partial charge on any atom is 0 e. The molecule has 1 radical (unpaired) electrons. The first-order chi connectivity index (χ1) is 3.41. The second-order valence-electron chi connectivity index (χ2n) is 1.55. The van der Waals surface area contributed by atoms with Crippen LogP contribution < -0.4 is 0 Å². The van der Waals surface area contributed by atoms with Gasteiger partial charge in [-0.15, -0.1) is 6.08 Å². The molecule has 0 aromatic carbocycles. The van der Waals surface area contributed by atoms with E-state index in [9.17, 15) is 0 Å². The van der Waals surface area contributed by atoms with Crippen molar-refractivity contribution in [3.63, 3.8) is 0 Å². The van der Waals surface area contributed by atoms with E-state index >= 15 is 0 Å². The molecule has 0 unspecified atom stereocenters. The first kappa shape index (κ1) is 11.6. The van der Waals surface area contributed by atoms with E-state index in [1.54, 1.807) is 0 Å². The molecule has 0 aliphatic rings. The minimum atomic E-state index is 0. The molecule has 0 nitrogen and oxygen atoms in total. The zero-order chi connectivity index (χ0) is 5.54. The molecule has 0 N–H and O–H groups in total. The predicted molar refractivity (Wildman–Crippen MR) is 34.0 cm³/mol. The summed E-state index contributed by atoms with van der Waals surface area (Å²) in [5.74, 6) is 0. The first-order valence-electron chi connectivity index (χ1n) is 2.86. The summed E-state index contributed by atoms with van der Waals surface area (Å²) in [7, 11) is 0. The topological polar surface area (TPSA) is 0 Å². The van der Waals surface area contributed by atoms with Gasteiger partial charge in [-0.3, -0.25) is 0 Å². The zero-order valence-electron chi connectivity index (χ0n) is 5.56. The van der Waals surface area contributed by atoms with Gasteiger partial charge in [-0.2, -0.15) is 6.42 Å². The SMILES string of the molecule is [CH2-]C/C=C/CCC.[Y]. The van der Waals surface area contributed by atoms with Gasteiger partial charge < -0.3 is 6.92 Å². The Hall–Kier alpha value is 0.844. The molecule has 45 valence electrons. The number of rotatable bonds is 3. The molecule has 0 saturated carbocycles. The smallest absolute Gasteiger partial charge is 0 e. The van der Waals surface area contributed by atoms with Crippen LogP contribution in [0, 0.1) is 6.92 Å². The zero-order valence-corrected chi connectivity index (χ0v) is 8.40. The summed E-state index contributed by atoms with van der Waals surface area (Å²) in [5, 5.41) is 0. The molecule has 0 saturated heterocycles. The summed E-state index contributed by atoms with van der Waals surface area (Å²) in [6.07, 6.45) is 7.66. The van der Waals surface area contributed by atoms with E-state index in [2.05, 4.69) is 26.0 Å². The summed E-state index contributed by atoms with van der Waals surface area (Å²) in [6, 6.07) is 0. The molecule has 0 fully saturated rings. The van der Waals surface area contributed by atoms with Gasteiger partial charge in [0.2, 0.25) is 0 Å². The largest absolute Gasteiger partial charge is 0.340 e. The molecule has 0 aromatic heterocycles. The molecule has 0 atom stereocenters. The third-order valence-electron chi connectivity index (χ3n) is 0.789. The quantitative estimate of drug-likeness (QED) is 0.469. The molecule has 0 bridgehead atoms. The van der Waals surface area contributed by atoms with E-state index in [0.717, 1.165) is 6.42 Å². The summed E-state index contributed by atoms with van der Waals surface area (Å²) in [6.45, 7) is 5.84. The van der Waals surface area contributed by atoms with Crippen molar-refractivity contribution in [3.8, 4) is 0 Å². The fourth-order valence-electron chi connectivity index (χ4n) is 0.402. The Bertz CT molecular complexity index is 48.3. The summed E-state index contributed by atoms with van der Waals surface area (Å²) in [5.41, 5.74) is 0. The Morgan fingerprint density at radius 1 is 1.38 bits per heavy atom. The summed E-state index contributed by atoms with van der Waals surface area (Å²) < 4.78 is 0. The van der Waals surface area contributed by atoms with Gasteiger partial charge in [0.15, 0.2) is 0 Å². The van der Waals surface area contributed by atoms with Gasteiger partial charge in [-0.25, -0.2) is 0 Å². The second kappa shape index (κ2) is 10.8. The van der Waals surface area contributed by atoms with Crippen LogP contribution in [0.5, 0.6) is 0 Å². The van der Waals surface area contributed by atoms with Crippen molar-refractivity contribution in [1.29, 1.82) is 0 Å². The minimum Gasteiger partial charge on any atom is -0.340 e. The van der Waals surface area contributed by atoms with Crippen LogP contribution in [0.2, 0.25) is 0 Å². The molecule has 0 spiro atoms. The van der Waals surface area contributed by atoms with Crippen molar-refractivity contribution >= 4 is 0 Å². The van der Waals surface area contributed by atoms with E-state index in [1.165, 1.54) is 12.8 Å². The van der Waals surface area contributed by atoms with Gasteiger partial charge in [0.05, 0.1) is 0 Å². The van der Waals surface area contributed by atoms with Crippen molar-refractivity contribution < 1.29 is 32.7 Å². The molecular formula is C7H13Y-. The second-order valence-corrected chi connectivity index (χ2v) is 1.55. The van der Waals surface area contributed by atoms with E-state index < -0.39 is 0 Å². The van der Waals surface area contributed by atoms with Crippen LogP contribution >= 0.6 is 0 Å². The van der Waals surface area contributed by atoms with E-state index in [0.29, 0.717) is 0 Å². The standard InChI is InChI=1S/C7H13.Y/c1-3-5-7-6-4-2;/h5,7H,1,3-4,6H2,2H3;/q-1;/b7-5+;. The number of unbranched alkanes of at least 4 members (excludes halogenated alkanes) is 1. The first-order valence-corrected chi connectivity index (χ1v) is 2.86. The molecule has 1 heteroatoms. The Balaban J connectivity index is 0. The Kier molecular flexibility index (Phi) is 15.6. The maximum absolute atomic E-state index is 3.67. The number of allylic oxidation sites excluding steroid dienone is 2. The van der Waals surface area contributed by atoms with Crippen LogP contribution in [-0.4, -0.2) is 0 Å². The fourth-order valence-corrected chi connectivity index (χ4v) is 0.402. The molecule has 0 amide bonds. The van der Waals surface area contributed by atoms with Crippen LogP contribution in [0.15, 0.2) is 12.2 Å². The Labute approximate surface area is 77.6 Å². The van der Waals surface area contributed by atoms with Crippen LogP contribution in [0.3, 0.4) is 0 Å². The molecule has 0 aliphatic heterocycles. The fraction of sp³-hybridized carbons (Fsp3) is 0.571. The van der Waals surface area contributed by atoms with Crippen molar-refractivity contribution in [2.75, 3.05) is 0 Å². The third kappa shape index (κ3) is 9.96. The van der Waals surface area contributed by atoms with Crippen LogP contribution in [0.25, 0.3) is 0 Å². The molecule has 8 heavy (non-hydrogen) atoms. The Morgan fingerprint density at radius 2 is 2.00 bits per heavy atom. The monoisotopic (exact) mass is 186 g/mol. The van der Waals surface area contributed by atoms with E-state index in [-0.39, 0.29) is 32.7 Å². The summed E-state index contributed by atoms with van der Waals surface area (Å²) >= 11 is 0. The van der Waals surface area contributed by atoms with Crippen molar-refractivity contribution in [1.82, 2.24) is 0 Å². The van der Waals surface area contributed by atoms with E-state index in [1.807, 2.05) is 0 Å². The van der Waals surface area contributed by atoms with Crippen molar-refractivity contribution in [3.05, 3.63) is 19.1 Å². The molecule has 0 aromatic rings. The van der Waals surface area contributed by atoms with Crippen molar-refractivity contribution in [2.24, 2.45) is 0 Å². The molecular weight excluding hydrogens is 173 g/mol. The molecule has 0 aliphatic carbocycles. The average Bonchev–Trinajstić information content (AvgIpc) is 1.69. The summed E-state index contributed by atoms with van der Waals surface area (Å²) in [4.78, 5) is 0. The van der Waals surface area contributed by atoms with Gasteiger partial charge in [-0.1, -0.05) is 19.4 Å². The van der Waals surface area contributed by atoms with Gasteiger partial charge in [0.1, 0.15) is 0 Å². The predicted octanol–water partition coefficient (Wildman–Crippen LogP) is 2.56. The van der Waals surface area contributed by atoms with Crippen LogP contribution in [-0.2, 0) is 32.7 Å². The maximum atomic E-state index is 3.67. The van der Waals surface area contributed by atoms with E-state index in [4.69, 9.17) is 0 Å². The average molecular weight is 186 g/mol. The van der Waals surface area contributed by atoms with Crippen LogP contribution in [0.1, 0.15) is 26.2 Å². The Morgan fingerprint density at radius 3 is 2.38 bits per heavy atom. The minimum absolute atomic E-state index is 0. The number of hydrogen-bond acceptors (Lipinski definition) is 0. The van der Waals surface area contributed by atoms with Crippen LogP contribution in [0.4, 0.5) is 0 Å². The molecule has 0 heterocycles. The normalized spacial score (nSPS) is 9.25. The van der Waals surface area contributed by atoms with Gasteiger partial charge >= 0.3 is 0 Å². The van der Waals surface area contributed by atoms with Crippen molar-refractivity contribution in [2.45, 2.75) is 26.2 Å².